The van der Waals surface area contributed by atoms with Crippen LogP contribution in [0.1, 0.15) is 31.2 Å². The molecule has 0 radical (unpaired) electrons. The summed E-state index contributed by atoms with van der Waals surface area (Å²) in [6.07, 6.45) is 5.89. The number of amides is 3. The van der Waals surface area contributed by atoms with Crippen LogP contribution in [0.4, 0.5) is 10.7 Å². The van der Waals surface area contributed by atoms with Crippen molar-refractivity contribution >= 4 is 23.9 Å². The molecule has 0 bridgehead atoms. The third-order valence-corrected chi connectivity index (χ3v) is 6.92. The van der Waals surface area contributed by atoms with Crippen LogP contribution in [0.15, 0.2) is 48.8 Å². The fourth-order valence-electron chi connectivity index (χ4n) is 4.81. The highest BCUT2D eigenvalue weighted by Crippen LogP contribution is 2.23. The lowest BCUT2D eigenvalue weighted by Crippen LogP contribution is -2.60. The number of ether oxygens (including phenoxy) is 2. The molecule has 204 valence electrons. The Labute approximate surface area is 223 Å². The summed E-state index contributed by atoms with van der Waals surface area (Å²) < 4.78 is 11.9. The second-order valence-electron chi connectivity index (χ2n) is 9.79. The fraction of sp³-hybridized carbons (Fsp3) is 0.519. The molecule has 2 aliphatic rings. The summed E-state index contributed by atoms with van der Waals surface area (Å²) in [5.41, 5.74) is 0.890. The Morgan fingerprint density at radius 3 is 2.39 bits per heavy atom. The quantitative estimate of drug-likeness (QED) is 0.546. The van der Waals surface area contributed by atoms with Crippen molar-refractivity contribution in [2.45, 2.75) is 50.5 Å². The molecule has 2 unspecified atom stereocenters. The first-order valence-electron chi connectivity index (χ1n) is 13.1. The number of benzene rings is 1. The molecular formula is C27H36N6O5. The highest BCUT2D eigenvalue weighted by molar-refractivity contribution is 6.34. The number of likely N-dealkylation sites (N-methyl/N-ethyl adjacent to an activating group) is 1. The summed E-state index contributed by atoms with van der Waals surface area (Å²) in [5, 5.41) is 2.84. The van der Waals surface area contributed by atoms with E-state index in [0.717, 1.165) is 31.5 Å². The fourth-order valence-corrected chi connectivity index (χ4v) is 4.81. The predicted molar refractivity (Wildman–Crippen MR) is 140 cm³/mol. The largest absolute Gasteiger partial charge is 0.445 e. The van der Waals surface area contributed by atoms with Crippen LogP contribution in [0.5, 0.6) is 0 Å². The number of nitrogens with zero attached hydrogens (tertiary/aromatic N) is 5. The molecule has 1 N–H and O–H groups in total. The van der Waals surface area contributed by atoms with Gasteiger partial charge in [0.05, 0.1) is 24.8 Å². The van der Waals surface area contributed by atoms with E-state index in [1.807, 2.05) is 30.3 Å². The zero-order valence-corrected chi connectivity index (χ0v) is 22.0. The standard InChI is InChI=1S/C27H36N6O5/c1-31(2)25(35)24(34)30-22-10-6-15-33(27(36)38-18-20-8-4-3-5-9-20)23(22)19-37-21-11-16-32(17-12-21)26-28-13-7-14-29-26/h3-5,7-9,13-14,21-23H,6,10-12,15-19H2,1-2H3,(H,30,34). The van der Waals surface area contributed by atoms with E-state index in [-0.39, 0.29) is 19.3 Å². The lowest BCUT2D eigenvalue weighted by Gasteiger charge is -2.41. The molecule has 2 fully saturated rings. The first-order chi connectivity index (χ1) is 18.4. The Kier molecular flexibility index (Phi) is 9.47. The highest BCUT2D eigenvalue weighted by atomic mass is 16.6. The average Bonchev–Trinajstić information content (AvgIpc) is 2.96. The van der Waals surface area contributed by atoms with Gasteiger partial charge < -0.3 is 29.5 Å². The molecule has 4 rings (SSSR count). The normalized spacial score (nSPS) is 20.1. The number of rotatable bonds is 7. The Balaban J connectivity index is 1.39. The molecule has 0 saturated carbocycles. The summed E-state index contributed by atoms with van der Waals surface area (Å²) in [6.45, 7) is 2.40. The Bertz CT molecular complexity index is 1060. The van der Waals surface area contributed by atoms with Gasteiger partial charge in [-0.2, -0.15) is 0 Å². The molecule has 2 aromatic rings. The molecule has 2 atom stereocenters. The molecule has 2 saturated heterocycles. The maximum Gasteiger partial charge on any atom is 0.410 e. The third kappa shape index (κ3) is 7.18. The van der Waals surface area contributed by atoms with E-state index in [9.17, 15) is 14.4 Å². The van der Waals surface area contributed by atoms with Crippen molar-refractivity contribution < 1.29 is 23.9 Å². The minimum atomic E-state index is -0.694. The second-order valence-corrected chi connectivity index (χ2v) is 9.79. The van der Waals surface area contributed by atoms with Crippen LogP contribution in [0.25, 0.3) is 0 Å². The van der Waals surface area contributed by atoms with Gasteiger partial charge in [-0.05, 0) is 37.3 Å². The molecule has 11 nitrogen and oxygen atoms in total. The van der Waals surface area contributed by atoms with Crippen LogP contribution in [0.3, 0.4) is 0 Å². The molecule has 0 aliphatic carbocycles. The molecule has 1 aromatic carbocycles. The summed E-state index contributed by atoms with van der Waals surface area (Å²) in [5.74, 6) is -0.622. The Morgan fingerprint density at radius 2 is 1.71 bits per heavy atom. The van der Waals surface area contributed by atoms with E-state index in [1.54, 1.807) is 23.4 Å². The van der Waals surface area contributed by atoms with E-state index in [4.69, 9.17) is 9.47 Å². The lowest BCUT2D eigenvalue weighted by molar-refractivity contribution is -0.145. The van der Waals surface area contributed by atoms with Crippen LogP contribution in [0, 0.1) is 0 Å². The summed E-state index contributed by atoms with van der Waals surface area (Å²) >= 11 is 0. The number of aromatic nitrogens is 2. The van der Waals surface area contributed by atoms with Gasteiger partial charge in [-0.3, -0.25) is 9.59 Å². The van der Waals surface area contributed by atoms with Gasteiger partial charge in [0.2, 0.25) is 5.95 Å². The van der Waals surface area contributed by atoms with Gasteiger partial charge in [-0.15, -0.1) is 0 Å². The van der Waals surface area contributed by atoms with E-state index < -0.39 is 30.0 Å². The number of carbonyl (C=O) groups excluding carboxylic acids is 3. The van der Waals surface area contributed by atoms with Crippen LogP contribution in [0.2, 0.25) is 0 Å². The molecule has 0 spiro atoms. The molecule has 1 aromatic heterocycles. The van der Waals surface area contributed by atoms with Crippen molar-refractivity contribution in [3.05, 3.63) is 54.4 Å². The van der Waals surface area contributed by atoms with Crippen LogP contribution in [-0.2, 0) is 25.7 Å². The summed E-state index contributed by atoms with van der Waals surface area (Å²) in [4.78, 5) is 51.6. The monoisotopic (exact) mass is 524 g/mol. The Hall–Kier alpha value is -3.73. The molecular weight excluding hydrogens is 488 g/mol. The average molecular weight is 525 g/mol. The molecule has 3 heterocycles. The van der Waals surface area contributed by atoms with Crippen molar-refractivity contribution in [2.75, 3.05) is 45.2 Å². The second kappa shape index (κ2) is 13.2. The topological polar surface area (TPSA) is 117 Å². The van der Waals surface area contributed by atoms with Crippen molar-refractivity contribution in [3.63, 3.8) is 0 Å². The predicted octanol–water partition coefficient (Wildman–Crippen LogP) is 1.84. The van der Waals surface area contributed by atoms with Crippen LogP contribution in [-0.4, -0.2) is 96.2 Å². The number of nitrogens with one attached hydrogen (secondary N) is 1. The van der Waals surface area contributed by atoms with Gasteiger partial charge in [0.25, 0.3) is 0 Å². The first kappa shape index (κ1) is 27.3. The molecule has 2 aliphatic heterocycles. The number of anilines is 1. The number of hydrogen-bond donors (Lipinski definition) is 1. The highest BCUT2D eigenvalue weighted by Gasteiger charge is 2.38. The van der Waals surface area contributed by atoms with Crippen molar-refractivity contribution in [1.82, 2.24) is 25.1 Å². The van der Waals surface area contributed by atoms with Crippen molar-refractivity contribution in [1.29, 1.82) is 0 Å². The van der Waals surface area contributed by atoms with E-state index >= 15 is 0 Å². The van der Waals surface area contributed by atoms with Crippen molar-refractivity contribution in [2.24, 2.45) is 0 Å². The maximum absolute atomic E-state index is 13.1. The van der Waals surface area contributed by atoms with Gasteiger partial charge in [0.15, 0.2) is 0 Å². The van der Waals surface area contributed by atoms with Gasteiger partial charge in [-0.25, -0.2) is 14.8 Å². The van der Waals surface area contributed by atoms with E-state index in [1.165, 1.54) is 19.0 Å². The summed E-state index contributed by atoms with van der Waals surface area (Å²) in [7, 11) is 3.06. The van der Waals surface area contributed by atoms with E-state index in [2.05, 4.69) is 20.2 Å². The van der Waals surface area contributed by atoms with Gasteiger partial charge in [0, 0.05) is 46.1 Å². The zero-order chi connectivity index (χ0) is 26.9. The number of likely N-dealkylation sites (tertiary alicyclic amines) is 1. The minimum Gasteiger partial charge on any atom is -0.445 e. The SMILES string of the molecule is CN(C)C(=O)C(=O)NC1CCCN(C(=O)OCc2ccccc2)C1COC1CCN(c2ncccn2)CC1. The molecule has 3 amide bonds. The smallest absolute Gasteiger partial charge is 0.410 e. The minimum absolute atomic E-state index is 0.00108. The number of carbonyl (C=O) groups is 3. The first-order valence-corrected chi connectivity index (χ1v) is 13.1. The summed E-state index contributed by atoms with van der Waals surface area (Å²) in [6, 6.07) is 10.4. The van der Waals surface area contributed by atoms with Gasteiger partial charge in [-0.1, -0.05) is 30.3 Å². The van der Waals surface area contributed by atoms with Crippen LogP contribution >= 0.6 is 0 Å². The van der Waals surface area contributed by atoms with Gasteiger partial charge in [0.1, 0.15) is 6.61 Å². The molecule has 38 heavy (non-hydrogen) atoms. The number of hydrogen-bond acceptors (Lipinski definition) is 8. The van der Waals surface area contributed by atoms with E-state index in [0.29, 0.717) is 25.3 Å². The third-order valence-electron chi connectivity index (χ3n) is 6.92. The molecule has 11 heteroatoms. The zero-order valence-electron chi connectivity index (χ0n) is 22.0. The number of piperidine rings is 2. The lowest BCUT2D eigenvalue weighted by atomic mass is 9.96. The van der Waals surface area contributed by atoms with Crippen molar-refractivity contribution in [3.8, 4) is 0 Å². The Morgan fingerprint density at radius 1 is 1.00 bits per heavy atom. The van der Waals surface area contributed by atoms with Gasteiger partial charge >= 0.3 is 17.9 Å². The maximum atomic E-state index is 13.1. The van der Waals surface area contributed by atoms with Crippen LogP contribution < -0.4 is 10.2 Å².